The quantitative estimate of drug-likeness (QED) is 0.441. The van der Waals surface area contributed by atoms with E-state index in [1.807, 2.05) is 58.2 Å². The molecular weight excluding hydrogens is 446 g/mol. The number of hydrogen-bond donors (Lipinski definition) is 2. The van der Waals surface area contributed by atoms with Crippen molar-refractivity contribution in [1.82, 2.24) is 29.9 Å². The first-order chi connectivity index (χ1) is 16.6. The zero-order valence-electron chi connectivity index (χ0n) is 20.5. The average Bonchev–Trinajstić information content (AvgIpc) is 3.20. The highest BCUT2D eigenvalue weighted by Gasteiger charge is 2.42. The first-order valence-corrected chi connectivity index (χ1v) is 11.5. The van der Waals surface area contributed by atoms with Gasteiger partial charge in [0.25, 0.3) is 0 Å². The number of rotatable bonds is 5. The first-order valence-electron chi connectivity index (χ1n) is 11.5. The molecule has 4 aromatic rings. The van der Waals surface area contributed by atoms with E-state index in [0.29, 0.717) is 11.8 Å². The fraction of sp³-hybridized carbons (Fsp3) is 0.400. The Balaban J connectivity index is 1.33. The zero-order chi connectivity index (χ0) is 24.8. The van der Waals surface area contributed by atoms with Gasteiger partial charge in [0.15, 0.2) is 0 Å². The molecule has 5 rings (SSSR count). The lowest BCUT2D eigenvalue weighted by molar-refractivity contribution is 0.0393. The molecule has 1 aromatic carbocycles. The number of aromatic nitrogens is 5. The van der Waals surface area contributed by atoms with Crippen molar-refractivity contribution in [3.05, 3.63) is 42.9 Å². The van der Waals surface area contributed by atoms with Crippen molar-refractivity contribution in [1.29, 1.82) is 0 Å². The molecule has 0 atom stereocenters. The Bertz CT molecular complexity index is 1400. The van der Waals surface area contributed by atoms with Gasteiger partial charge in [-0.2, -0.15) is 4.98 Å². The molecule has 3 aromatic heterocycles. The Hall–Kier alpha value is -3.95. The molecule has 1 fully saturated rings. The Morgan fingerprint density at radius 1 is 1.14 bits per heavy atom. The number of hydrogen-bond acceptors (Lipinski definition) is 8. The summed E-state index contributed by atoms with van der Waals surface area (Å²) in [6.45, 7) is 7.55. The van der Waals surface area contributed by atoms with Crippen molar-refractivity contribution in [3.8, 4) is 17.0 Å². The number of benzene rings is 1. The summed E-state index contributed by atoms with van der Waals surface area (Å²) in [6, 6.07) is 8.05. The van der Waals surface area contributed by atoms with Gasteiger partial charge in [-0.15, -0.1) is 5.10 Å². The number of ether oxygens (including phenoxy) is 2. The summed E-state index contributed by atoms with van der Waals surface area (Å²) in [4.78, 5) is 25.5. The van der Waals surface area contributed by atoms with Gasteiger partial charge >= 0.3 is 6.09 Å². The number of methoxy groups -OCH3 is 1. The largest absolute Gasteiger partial charge is 0.479 e. The van der Waals surface area contributed by atoms with Crippen molar-refractivity contribution in [2.24, 2.45) is 0 Å². The van der Waals surface area contributed by atoms with Gasteiger partial charge in [-0.1, -0.05) is 6.07 Å². The van der Waals surface area contributed by atoms with Gasteiger partial charge in [0.2, 0.25) is 11.8 Å². The summed E-state index contributed by atoms with van der Waals surface area (Å²) < 4.78 is 12.8. The van der Waals surface area contributed by atoms with Crippen LogP contribution in [0.2, 0.25) is 0 Å². The number of nitrogens with one attached hydrogen (secondary N) is 2. The molecule has 0 unspecified atom stereocenters. The van der Waals surface area contributed by atoms with E-state index < -0.39 is 11.7 Å². The number of fused-ring (bicyclic) bond motifs is 2. The maximum Gasteiger partial charge on any atom is 0.408 e. The molecule has 0 aliphatic heterocycles. The summed E-state index contributed by atoms with van der Waals surface area (Å²) in [5, 5.41) is 11.0. The Labute approximate surface area is 203 Å². The standard InChI is InChI=1S/C25H29N7O3/c1-24(2,3)35-23(33)30-25(4)13-16(14-25)28-22-29-21(34-5)20-17(8-11-32(20)31-22)15-6-7-18-19(12-15)27-10-9-26-18/h6-12,16H,13-14H2,1-5H3,(H,28,31)(H,30,33). The van der Waals surface area contributed by atoms with E-state index in [1.54, 1.807) is 24.0 Å². The van der Waals surface area contributed by atoms with Gasteiger partial charge in [0.1, 0.15) is 11.1 Å². The second-order valence-electron chi connectivity index (χ2n) is 10.2. The predicted molar refractivity (Wildman–Crippen MR) is 132 cm³/mol. The van der Waals surface area contributed by atoms with Crippen LogP contribution >= 0.6 is 0 Å². The van der Waals surface area contributed by atoms with Crippen LogP contribution in [0.1, 0.15) is 40.5 Å². The van der Waals surface area contributed by atoms with Gasteiger partial charge in [0.05, 0.1) is 18.1 Å². The van der Waals surface area contributed by atoms with E-state index in [2.05, 4.69) is 30.7 Å². The molecule has 1 amide bonds. The minimum atomic E-state index is -0.530. The summed E-state index contributed by atoms with van der Waals surface area (Å²) in [5.74, 6) is 0.931. The third-order valence-corrected chi connectivity index (χ3v) is 5.98. The fourth-order valence-corrected chi connectivity index (χ4v) is 4.52. The molecule has 0 saturated heterocycles. The van der Waals surface area contributed by atoms with Crippen LogP contribution in [0.5, 0.6) is 5.88 Å². The van der Waals surface area contributed by atoms with Crippen LogP contribution in [0, 0.1) is 0 Å². The molecular formula is C25H29N7O3. The molecule has 10 nitrogen and oxygen atoms in total. The smallest absolute Gasteiger partial charge is 0.408 e. The van der Waals surface area contributed by atoms with Gasteiger partial charge in [-0.25, -0.2) is 9.31 Å². The molecule has 3 heterocycles. The number of anilines is 1. The van der Waals surface area contributed by atoms with Crippen molar-refractivity contribution in [2.45, 2.75) is 57.7 Å². The lowest BCUT2D eigenvalue weighted by atomic mass is 9.74. The number of nitrogens with zero attached hydrogens (tertiary/aromatic N) is 5. The monoisotopic (exact) mass is 475 g/mol. The lowest BCUT2D eigenvalue weighted by Gasteiger charge is -2.45. The summed E-state index contributed by atoms with van der Waals surface area (Å²) in [5.41, 5.74) is 3.47. The molecule has 182 valence electrons. The van der Waals surface area contributed by atoms with E-state index in [4.69, 9.17) is 9.47 Å². The van der Waals surface area contributed by atoms with Crippen LogP contribution in [0.25, 0.3) is 27.7 Å². The van der Waals surface area contributed by atoms with Gasteiger partial charge in [-0.05, 0) is 64.3 Å². The van der Waals surface area contributed by atoms with Gasteiger partial charge in [-0.3, -0.25) is 9.97 Å². The van der Waals surface area contributed by atoms with Crippen LogP contribution in [-0.4, -0.2) is 55.0 Å². The number of amides is 1. The topological polar surface area (TPSA) is 116 Å². The maximum atomic E-state index is 12.1. The highest BCUT2D eigenvalue weighted by atomic mass is 16.6. The van der Waals surface area contributed by atoms with Crippen LogP contribution in [0.4, 0.5) is 10.7 Å². The molecule has 35 heavy (non-hydrogen) atoms. The van der Waals surface area contributed by atoms with E-state index in [9.17, 15) is 4.79 Å². The average molecular weight is 476 g/mol. The zero-order valence-corrected chi connectivity index (χ0v) is 20.5. The Morgan fingerprint density at radius 3 is 2.60 bits per heavy atom. The first kappa shape index (κ1) is 22.8. The molecule has 0 radical (unpaired) electrons. The molecule has 1 aliphatic carbocycles. The number of carbonyl (C=O) groups excluding carboxylic acids is 1. The van der Waals surface area contributed by atoms with Crippen LogP contribution in [-0.2, 0) is 4.74 Å². The number of alkyl carbamates (subject to hydrolysis) is 1. The van der Waals surface area contributed by atoms with E-state index in [0.717, 1.165) is 40.5 Å². The number of carbonyl (C=O) groups is 1. The molecule has 0 bridgehead atoms. The summed E-state index contributed by atoms with van der Waals surface area (Å²) in [6.07, 6.45) is 6.29. The maximum absolute atomic E-state index is 12.1. The third kappa shape index (κ3) is 4.68. The minimum absolute atomic E-state index is 0.117. The van der Waals surface area contributed by atoms with E-state index >= 15 is 0 Å². The SMILES string of the molecule is COc1nc(NC2CC(C)(NC(=O)OC(C)(C)C)C2)nn2ccc(-c3ccc4nccnc4c3)c12. The summed E-state index contributed by atoms with van der Waals surface area (Å²) in [7, 11) is 1.60. The Kier molecular flexibility index (Phi) is 5.46. The Morgan fingerprint density at radius 2 is 1.89 bits per heavy atom. The van der Waals surface area contributed by atoms with Crippen LogP contribution in [0.15, 0.2) is 42.9 Å². The van der Waals surface area contributed by atoms with Crippen molar-refractivity contribution >= 4 is 28.6 Å². The molecule has 1 aliphatic rings. The van der Waals surface area contributed by atoms with Crippen molar-refractivity contribution < 1.29 is 14.3 Å². The second kappa shape index (κ2) is 8.37. The highest BCUT2D eigenvalue weighted by Crippen LogP contribution is 2.36. The fourth-order valence-electron chi connectivity index (χ4n) is 4.52. The van der Waals surface area contributed by atoms with E-state index in [1.165, 1.54) is 0 Å². The summed E-state index contributed by atoms with van der Waals surface area (Å²) >= 11 is 0. The molecule has 2 N–H and O–H groups in total. The molecule has 10 heteroatoms. The normalized spacial score (nSPS) is 19.9. The third-order valence-electron chi connectivity index (χ3n) is 5.98. The molecule has 0 spiro atoms. The minimum Gasteiger partial charge on any atom is -0.479 e. The van der Waals surface area contributed by atoms with E-state index in [-0.39, 0.29) is 11.6 Å². The predicted octanol–water partition coefficient (Wildman–Crippen LogP) is 4.21. The van der Waals surface area contributed by atoms with Gasteiger partial charge in [0, 0.05) is 35.7 Å². The highest BCUT2D eigenvalue weighted by molar-refractivity contribution is 5.89. The molecule has 1 saturated carbocycles. The lowest BCUT2D eigenvalue weighted by Crippen LogP contribution is -2.60. The van der Waals surface area contributed by atoms with Gasteiger partial charge < -0.3 is 20.1 Å². The van der Waals surface area contributed by atoms with Crippen molar-refractivity contribution in [3.63, 3.8) is 0 Å². The van der Waals surface area contributed by atoms with Crippen LogP contribution < -0.4 is 15.4 Å². The second-order valence-corrected chi connectivity index (χ2v) is 10.2. The van der Waals surface area contributed by atoms with Crippen molar-refractivity contribution in [2.75, 3.05) is 12.4 Å². The van der Waals surface area contributed by atoms with Crippen LogP contribution in [0.3, 0.4) is 0 Å².